The lowest BCUT2D eigenvalue weighted by Gasteiger charge is -2.22. The number of hydrogen-bond donors (Lipinski definition) is 1. The van der Waals surface area contributed by atoms with Gasteiger partial charge in [-0.2, -0.15) is 0 Å². The van der Waals surface area contributed by atoms with Gasteiger partial charge in [0.1, 0.15) is 0 Å². The lowest BCUT2D eigenvalue weighted by Crippen LogP contribution is -2.30. The molecule has 18 heavy (non-hydrogen) atoms. The highest BCUT2D eigenvalue weighted by molar-refractivity contribution is 6.29. The Labute approximate surface area is 111 Å². The quantitative estimate of drug-likeness (QED) is 0.906. The third-order valence-corrected chi connectivity index (χ3v) is 3.09. The van der Waals surface area contributed by atoms with E-state index in [9.17, 15) is 4.79 Å². The van der Waals surface area contributed by atoms with E-state index in [0.29, 0.717) is 6.54 Å². The average molecular weight is 270 g/mol. The van der Waals surface area contributed by atoms with Gasteiger partial charge in [-0.15, -0.1) is 10.2 Å². The van der Waals surface area contributed by atoms with Crippen molar-refractivity contribution >= 4 is 17.5 Å². The second kappa shape index (κ2) is 6.66. The maximum atomic E-state index is 11.7. The van der Waals surface area contributed by atoms with Gasteiger partial charge >= 0.3 is 0 Å². The standard InChI is InChI=1S/C12H16ClN3O2/c13-11-5-4-10(15-16-11)12(17)14-7-6-9-3-1-2-8-18-9/h4-5,9H,1-3,6-8H2,(H,14,17). The minimum Gasteiger partial charge on any atom is -0.378 e. The predicted octanol–water partition coefficient (Wildman–Crippen LogP) is 1.82. The fraction of sp³-hybridized carbons (Fsp3) is 0.583. The molecule has 6 heteroatoms. The van der Waals surface area contributed by atoms with Gasteiger partial charge in [0, 0.05) is 13.2 Å². The number of halogens is 1. The first-order valence-electron chi connectivity index (χ1n) is 6.15. The minimum absolute atomic E-state index is 0.227. The molecular formula is C12H16ClN3O2. The average Bonchev–Trinajstić information content (AvgIpc) is 2.40. The molecule has 1 unspecified atom stereocenters. The van der Waals surface area contributed by atoms with E-state index in [-0.39, 0.29) is 22.9 Å². The molecular weight excluding hydrogens is 254 g/mol. The van der Waals surface area contributed by atoms with Crippen molar-refractivity contribution in [3.8, 4) is 0 Å². The van der Waals surface area contributed by atoms with Crippen molar-refractivity contribution in [2.24, 2.45) is 0 Å². The molecule has 1 amide bonds. The first kappa shape index (κ1) is 13.2. The molecule has 1 aromatic rings. The largest absolute Gasteiger partial charge is 0.378 e. The monoisotopic (exact) mass is 269 g/mol. The summed E-state index contributed by atoms with van der Waals surface area (Å²) in [4.78, 5) is 11.7. The summed E-state index contributed by atoms with van der Waals surface area (Å²) in [6.45, 7) is 1.43. The molecule has 1 N–H and O–H groups in total. The fourth-order valence-corrected chi connectivity index (χ4v) is 2.01. The Morgan fingerprint density at radius 2 is 2.33 bits per heavy atom. The smallest absolute Gasteiger partial charge is 0.271 e. The van der Waals surface area contributed by atoms with Crippen molar-refractivity contribution in [2.75, 3.05) is 13.2 Å². The van der Waals surface area contributed by atoms with Crippen molar-refractivity contribution in [1.29, 1.82) is 0 Å². The van der Waals surface area contributed by atoms with Crippen molar-refractivity contribution in [2.45, 2.75) is 31.8 Å². The summed E-state index contributed by atoms with van der Waals surface area (Å²) in [5, 5.41) is 10.4. The number of carbonyl (C=O) groups is 1. The maximum absolute atomic E-state index is 11.7. The second-order valence-corrected chi connectivity index (χ2v) is 4.66. The van der Waals surface area contributed by atoms with Gasteiger partial charge < -0.3 is 10.1 Å². The molecule has 1 atom stereocenters. The van der Waals surface area contributed by atoms with Crippen LogP contribution in [-0.2, 0) is 4.74 Å². The minimum atomic E-state index is -0.227. The van der Waals surface area contributed by atoms with E-state index in [1.807, 2.05) is 0 Å². The highest BCUT2D eigenvalue weighted by Gasteiger charge is 2.14. The highest BCUT2D eigenvalue weighted by atomic mass is 35.5. The number of aromatic nitrogens is 2. The summed E-state index contributed by atoms with van der Waals surface area (Å²) < 4.78 is 5.58. The molecule has 0 radical (unpaired) electrons. The number of carbonyl (C=O) groups excluding carboxylic acids is 1. The Bertz CT molecular complexity index is 391. The van der Waals surface area contributed by atoms with Gasteiger partial charge in [0.2, 0.25) is 0 Å². The fourth-order valence-electron chi connectivity index (χ4n) is 1.91. The molecule has 5 nitrogen and oxygen atoms in total. The van der Waals surface area contributed by atoms with E-state index in [1.54, 1.807) is 12.1 Å². The second-order valence-electron chi connectivity index (χ2n) is 4.27. The Kier molecular flexibility index (Phi) is 4.90. The van der Waals surface area contributed by atoms with E-state index < -0.39 is 0 Å². The topological polar surface area (TPSA) is 64.1 Å². The van der Waals surface area contributed by atoms with E-state index in [2.05, 4.69) is 15.5 Å². The number of ether oxygens (including phenoxy) is 1. The van der Waals surface area contributed by atoms with E-state index >= 15 is 0 Å². The molecule has 0 bridgehead atoms. The summed E-state index contributed by atoms with van der Waals surface area (Å²) in [6, 6.07) is 3.11. The predicted molar refractivity (Wildman–Crippen MR) is 67.6 cm³/mol. The molecule has 2 heterocycles. The van der Waals surface area contributed by atoms with Crippen LogP contribution in [0.3, 0.4) is 0 Å². The lowest BCUT2D eigenvalue weighted by atomic mass is 10.1. The van der Waals surface area contributed by atoms with E-state index in [1.165, 1.54) is 6.42 Å². The van der Waals surface area contributed by atoms with Crippen molar-refractivity contribution < 1.29 is 9.53 Å². The number of rotatable bonds is 4. The van der Waals surface area contributed by atoms with Crippen LogP contribution in [0.25, 0.3) is 0 Å². The Hall–Kier alpha value is -1.20. The molecule has 1 saturated heterocycles. The first-order chi connectivity index (χ1) is 8.75. The Balaban J connectivity index is 1.72. The summed E-state index contributed by atoms with van der Waals surface area (Å²) in [7, 11) is 0. The highest BCUT2D eigenvalue weighted by Crippen LogP contribution is 2.14. The van der Waals surface area contributed by atoms with E-state index in [4.69, 9.17) is 16.3 Å². The van der Waals surface area contributed by atoms with Crippen LogP contribution in [0, 0.1) is 0 Å². The molecule has 98 valence electrons. The van der Waals surface area contributed by atoms with Gasteiger partial charge in [-0.1, -0.05) is 11.6 Å². The third-order valence-electron chi connectivity index (χ3n) is 2.89. The molecule has 0 saturated carbocycles. The van der Waals surface area contributed by atoms with Crippen LogP contribution in [0.1, 0.15) is 36.2 Å². The normalized spacial score (nSPS) is 19.5. The SMILES string of the molecule is O=C(NCCC1CCCCO1)c1ccc(Cl)nn1. The summed E-state index contributed by atoms with van der Waals surface area (Å²) in [5.74, 6) is -0.227. The maximum Gasteiger partial charge on any atom is 0.271 e. The van der Waals surface area contributed by atoms with Crippen molar-refractivity contribution in [1.82, 2.24) is 15.5 Å². The third kappa shape index (κ3) is 3.92. The van der Waals surface area contributed by atoms with Gasteiger partial charge in [0.25, 0.3) is 5.91 Å². The number of nitrogens with one attached hydrogen (secondary N) is 1. The van der Waals surface area contributed by atoms with Gasteiger partial charge in [-0.3, -0.25) is 4.79 Å². The van der Waals surface area contributed by atoms with Crippen molar-refractivity contribution in [3.05, 3.63) is 23.0 Å². The van der Waals surface area contributed by atoms with Crippen LogP contribution >= 0.6 is 11.6 Å². The molecule has 0 aliphatic carbocycles. The molecule has 2 rings (SSSR count). The van der Waals surface area contributed by atoms with Crippen LogP contribution < -0.4 is 5.32 Å². The van der Waals surface area contributed by atoms with Crippen molar-refractivity contribution in [3.63, 3.8) is 0 Å². The van der Waals surface area contributed by atoms with Crippen LogP contribution in [0.5, 0.6) is 0 Å². The Morgan fingerprint density at radius 3 is 3.00 bits per heavy atom. The van der Waals surface area contributed by atoms with Gasteiger partial charge in [-0.05, 0) is 37.8 Å². The van der Waals surface area contributed by atoms with Gasteiger partial charge in [0.15, 0.2) is 10.8 Å². The first-order valence-corrected chi connectivity index (χ1v) is 6.52. The van der Waals surface area contributed by atoms with Crippen LogP contribution in [0.15, 0.2) is 12.1 Å². The zero-order chi connectivity index (χ0) is 12.8. The summed E-state index contributed by atoms with van der Waals surface area (Å²) in [5.41, 5.74) is 0.281. The number of amides is 1. The molecule has 1 fully saturated rings. The summed E-state index contributed by atoms with van der Waals surface area (Å²) in [6.07, 6.45) is 4.55. The van der Waals surface area contributed by atoms with Crippen LogP contribution in [0.2, 0.25) is 5.15 Å². The molecule has 1 aromatic heterocycles. The molecule has 1 aliphatic rings. The van der Waals surface area contributed by atoms with Gasteiger partial charge in [-0.25, -0.2) is 0 Å². The molecule has 0 aromatic carbocycles. The molecule has 0 spiro atoms. The Morgan fingerprint density at radius 1 is 1.44 bits per heavy atom. The zero-order valence-corrected chi connectivity index (χ0v) is 10.8. The molecule has 1 aliphatic heterocycles. The van der Waals surface area contributed by atoms with E-state index in [0.717, 1.165) is 25.9 Å². The lowest BCUT2D eigenvalue weighted by molar-refractivity contribution is 0.0117. The number of nitrogens with zero attached hydrogens (tertiary/aromatic N) is 2. The summed E-state index contributed by atoms with van der Waals surface area (Å²) >= 11 is 5.60. The van der Waals surface area contributed by atoms with Crippen LogP contribution in [0.4, 0.5) is 0 Å². The zero-order valence-electron chi connectivity index (χ0n) is 10.1. The van der Waals surface area contributed by atoms with Crippen LogP contribution in [-0.4, -0.2) is 35.4 Å². The van der Waals surface area contributed by atoms with Gasteiger partial charge in [0.05, 0.1) is 6.10 Å². The number of hydrogen-bond acceptors (Lipinski definition) is 4.